The lowest BCUT2D eigenvalue weighted by Crippen LogP contribution is -2.56. The smallest absolute Gasteiger partial charge is 0.376 e. The van der Waals surface area contributed by atoms with Gasteiger partial charge in [-0.05, 0) is 29.8 Å². The number of aliphatic hydroxyl groups is 1. The van der Waals surface area contributed by atoms with Crippen molar-refractivity contribution in [3.05, 3.63) is 53.6 Å². The van der Waals surface area contributed by atoms with E-state index in [0.29, 0.717) is 0 Å². The van der Waals surface area contributed by atoms with Crippen LogP contribution in [0.2, 0.25) is 5.15 Å². The summed E-state index contributed by atoms with van der Waals surface area (Å²) < 4.78 is 39.2. The Kier molecular flexibility index (Phi) is 7.70. The number of amides is 3. The van der Waals surface area contributed by atoms with E-state index in [1.54, 1.807) is 0 Å². The Bertz CT molecular complexity index is 1160. The highest BCUT2D eigenvalue weighted by molar-refractivity contribution is 6.29. The van der Waals surface area contributed by atoms with Crippen LogP contribution in [0.5, 0.6) is 0 Å². The Balaban J connectivity index is 2.06. The minimum atomic E-state index is -5.17. The van der Waals surface area contributed by atoms with E-state index in [-0.39, 0.29) is 47.4 Å². The molecule has 3 rings (SSSR count). The number of aromatic nitrogens is 3. The molecule has 0 unspecified atom stereocenters. The summed E-state index contributed by atoms with van der Waals surface area (Å²) in [6, 6.07) is 3.00. The van der Waals surface area contributed by atoms with E-state index in [1.807, 2.05) is 0 Å². The summed E-state index contributed by atoms with van der Waals surface area (Å²) in [6.45, 7) is 2.88. The Morgan fingerprint density at radius 2 is 1.94 bits per heavy atom. The molecule has 1 fully saturated rings. The third-order valence-corrected chi connectivity index (χ3v) is 5.48. The van der Waals surface area contributed by atoms with Crippen molar-refractivity contribution >= 4 is 29.3 Å². The zero-order valence-electron chi connectivity index (χ0n) is 18.3. The van der Waals surface area contributed by atoms with Crippen LogP contribution in [0.15, 0.2) is 37.2 Å². The normalized spacial score (nSPS) is 17.0. The molecular formula is C21H20ClF3N6O4. The maximum Gasteiger partial charge on any atom is 0.423 e. The molecule has 3 amide bonds. The number of nitrogens with one attached hydrogen (secondary N) is 1. The van der Waals surface area contributed by atoms with Gasteiger partial charge in [-0.1, -0.05) is 18.2 Å². The van der Waals surface area contributed by atoms with Gasteiger partial charge in [-0.3, -0.25) is 14.4 Å². The van der Waals surface area contributed by atoms with Crippen LogP contribution in [0.4, 0.5) is 13.2 Å². The van der Waals surface area contributed by atoms with Gasteiger partial charge in [0.2, 0.25) is 12.0 Å². The van der Waals surface area contributed by atoms with Crippen molar-refractivity contribution in [3.8, 4) is 11.4 Å². The molecular weight excluding hydrogens is 493 g/mol. The Labute approximate surface area is 202 Å². The van der Waals surface area contributed by atoms with Gasteiger partial charge in [-0.25, -0.2) is 15.0 Å². The van der Waals surface area contributed by atoms with E-state index in [4.69, 9.17) is 11.6 Å². The number of hydrogen-bond acceptors (Lipinski definition) is 7. The fraction of sp³-hybridized carbons (Fsp3) is 0.333. The van der Waals surface area contributed by atoms with Gasteiger partial charge in [-0.15, -0.1) is 0 Å². The molecule has 2 aromatic rings. The standard InChI is InChI=1S/C21H20ClF3N6O4/c1-3-17(32)30-4-5-31(20(35)18(33)21(23,24)25)15(9-30)11-6-13(29-16(22)7-11)12-8-14(19(34)26-2)28-10-27-12/h3,6-8,10,15,18,33H,1,4-5,9H2,2H3,(H,26,34)/t15-,18+/m1/s1. The highest BCUT2D eigenvalue weighted by Crippen LogP contribution is 2.32. The molecule has 0 spiro atoms. The number of halogens is 4. The molecule has 1 aliphatic rings. The number of hydrogen-bond donors (Lipinski definition) is 2. The second-order valence-corrected chi connectivity index (χ2v) is 7.84. The molecule has 186 valence electrons. The predicted octanol–water partition coefficient (Wildman–Crippen LogP) is 1.37. The average Bonchev–Trinajstić information content (AvgIpc) is 2.85. The molecule has 10 nitrogen and oxygen atoms in total. The topological polar surface area (TPSA) is 129 Å². The predicted molar refractivity (Wildman–Crippen MR) is 117 cm³/mol. The maximum atomic E-state index is 13.1. The summed E-state index contributed by atoms with van der Waals surface area (Å²) in [5.41, 5.74) is 0.608. The second kappa shape index (κ2) is 10.4. The van der Waals surface area contributed by atoms with Crippen molar-refractivity contribution < 1.29 is 32.7 Å². The molecule has 14 heteroatoms. The number of piperazine rings is 1. The van der Waals surface area contributed by atoms with E-state index in [2.05, 4.69) is 26.8 Å². The highest BCUT2D eigenvalue weighted by Gasteiger charge is 2.47. The van der Waals surface area contributed by atoms with Crippen LogP contribution >= 0.6 is 11.6 Å². The number of pyridine rings is 1. The lowest BCUT2D eigenvalue weighted by Gasteiger charge is -2.42. The second-order valence-electron chi connectivity index (χ2n) is 7.46. The minimum Gasteiger partial charge on any atom is -0.376 e. The fourth-order valence-corrected chi connectivity index (χ4v) is 3.77. The number of carbonyl (C=O) groups excluding carboxylic acids is 3. The van der Waals surface area contributed by atoms with E-state index in [1.165, 1.54) is 30.1 Å². The van der Waals surface area contributed by atoms with E-state index >= 15 is 0 Å². The zero-order chi connectivity index (χ0) is 25.9. The van der Waals surface area contributed by atoms with Crippen LogP contribution in [-0.4, -0.2) is 86.5 Å². The number of carbonyl (C=O) groups is 3. The van der Waals surface area contributed by atoms with E-state index in [9.17, 15) is 32.7 Å². The van der Waals surface area contributed by atoms with E-state index < -0.39 is 36.0 Å². The van der Waals surface area contributed by atoms with Gasteiger partial charge in [0.05, 0.1) is 17.4 Å². The lowest BCUT2D eigenvalue weighted by atomic mass is 10.0. The molecule has 0 bridgehead atoms. The van der Waals surface area contributed by atoms with Crippen LogP contribution < -0.4 is 5.32 Å². The molecule has 2 N–H and O–H groups in total. The first-order chi connectivity index (χ1) is 16.5. The summed E-state index contributed by atoms with van der Waals surface area (Å²) in [6.07, 6.45) is -6.23. The van der Waals surface area contributed by atoms with Crippen molar-refractivity contribution in [1.82, 2.24) is 30.1 Å². The lowest BCUT2D eigenvalue weighted by molar-refractivity contribution is -0.213. The molecule has 3 heterocycles. The summed E-state index contributed by atoms with van der Waals surface area (Å²) in [5, 5.41) is 11.9. The van der Waals surface area contributed by atoms with Crippen molar-refractivity contribution in [2.24, 2.45) is 0 Å². The molecule has 1 saturated heterocycles. The Morgan fingerprint density at radius 1 is 1.23 bits per heavy atom. The molecule has 2 aromatic heterocycles. The summed E-state index contributed by atoms with van der Waals surface area (Å²) in [4.78, 5) is 50.9. The van der Waals surface area contributed by atoms with Gasteiger partial charge >= 0.3 is 6.18 Å². The minimum absolute atomic E-state index is 0.0337. The maximum absolute atomic E-state index is 13.1. The molecule has 1 aliphatic heterocycles. The van der Waals surface area contributed by atoms with Crippen molar-refractivity contribution in [1.29, 1.82) is 0 Å². The molecule has 0 radical (unpaired) electrons. The van der Waals surface area contributed by atoms with Gasteiger partial charge in [-0.2, -0.15) is 13.2 Å². The van der Waals surface area contributed by atoms with Crippen LogP contribution in [0.25, 0.3) is 11.4 Å². The molecule has 2 atom stereocenters. The zero-order valence-corrected chi connectivity index (χ0v) is 19.0. The monoisotopic (exact) mass is 512 g/mol. The average molecular weight is 513 g/mol. The molecule has 0 saturated carbocycles. The molecule has 35 heavy (non-hydrogen) atoms. The molecule has 0 aliphatic carbocycles. The first-order valence-corrected chi connectivity index (χ1v) is 10.5. The van der Waals surface area contributed by atoms with Crippen LogP contribution in [-0.2, 0) is 9.59 Å². The third-order valence-electron chi connectivity index (χ3n) is 5.28. The van der Waals surface area contributed by atoms with Gasteiger partial charge in [0.15, 0.2) is 0 Å². The van der Waals surface area contributed by atoms with Crippen molar-refractivity contribution in [2.75, 3.05) is 26.7 Å². The van der Waals surface area contributed by atoms with Gasteiger partial charge in [0.1, 0.15) is 17.2 Å². The number of rotatable bonds is 5. The first kappa shape index (κ1) is 26.0. The summed E-state index contributed by atoms with van der Waals surface area (Å²) >= 11 is 6.17. The summed E-state index contributed by atoms with van der Waals surface area (Å²) in [7, 11) is 1.42. The van der Waals surface area contributed by atoms with Crippen molar-refractivity contribution in [3.63, 3.8) is 0 Å². The molecule has 0 aromatic carbocycles. The largest absolute Gasteiger partial charge is 0.423 e. The third kappa shape index (κ3) is 5.74. The SMILES string of the molecule is C=CC(=O)N1CCN(C(=O)[C@H](O)C(F)(F)F)[C@@H](c2cc(Cl)nc(-c3cc(C(=O)NC)ncn3)c2)C1. The number of nitrogens with zero attached hydrogens (tertiary/aromatic N) is 5. The van der Waals surface area contributed by atoms with Gasteiger partial charge in [0.25, 0.3) is 11.8 Å². The quantitative estimate of drug-likeness (QED) is 0.457. The summed E-state index contributed by atoms with van der Waals surface area (Å²) in [5.74, 6) is -2.53. The number of alkyl halides is 3. The fourth-order valence-electron chi connectivity index (χ4n) is 3.55. The van der Waals surface area contributed by atoms with Crippen molar-refractivity contribution in [2.45, 2.75) is 18.3 Å². The Hall–Kier alpha value is -3.58. The highest BCUT2D eigenvalue weighted by atomic mass is 35.5. The Morgan fingerprint density at radius 3 is 2.57 bits per heavy atom. The van der Waals surface area contributed by atoms with Crippen LogP contribution in [0.3, 0.4) is 0 Å². The first-order valence-electron chi connectivity index (χ1n) is 10.1. The number of aliphatic hydroxyl groups excluding tert-OH is 1. The van der Waals surface area contributed by atoms with Gasteiger partial charge in [0, 0.05) is 26.7 Å². The van der Waals surface area contributed by atoms with Gasteiger partial charge < -0.3 is 20.2 Å². The van der Waals surface area contributed by atoms with Crippen LogP contribution in [0, 0.1) is 0 Å². The van der Waals surface area contributed by atoms with E-state index in [0.717, 1.165) is 17.3 Å². The van der Waals surface area contributed by atoms with Crippen LogP contribution in [0.1, 0.15) is 22.1 Å².